The monoisotopic (exact) mass is 332 g/mol. The summed E-state index contributed by atoms with van der Waals surface area (Å²) in [6, 6.07) is 0. The van der Waals surface area contributed by atoms with Crippen LogP contribution in [0.5, 0.6) is 0 Å². The maximum Gasteiger partial charge on any atom is 0.305 e. The van der Waals surface area contributed by atoms with Gasteiger partial charge < -0.3 is 18.9 Å². The van der Waals surface area contributed by atoms with Gasteiger partial charge in [0.05, 0.1) is 33.0 Å². The molecule has 0 aliphatic carbocycles. The lowest BCUT2D eigenvalue weighted by Gasteiger charge is -2.07. The summed E-state index contributed by atoms with van der Waals surface area (Å²) in [5.41, 5.74) is 0. The Labute approximate surface area is 142 Å². The molecule has 0 aromatic carbocycles. The van der Waals surface area contributed by atoms with E-state index >= 15 is 0 Å². The lowest BCUT2D eigenvalue weighted by Crippen LogP contribution is -2.11. The molecule has 5 nitrogen and oxygen atoms in total. The Morgan fingerprint density at radius 2 is 1.17 bits per heavy atom. The maximum atomic E-state index is 11.1. The minimum Gasteiger partial charge on any atom is -0.466 e. The molecular weight excluding hydrogens is 296 g/mol. The molecule has 5 heteroatoms. The summed E-state index contributed by atoms with van der Waals surface area (Å²) < 4.78 is 21.1. The molecule has 0 aliphatic rings. The summed E-state index contributed by atoms with van der Waals surface area (Å²) in [5, 5.41) is 0. The fourth-order valence-electron chi connectivity index (χ4n) is 2.08. The molecule has 0 aromatic rings. The van der Waals surface area contributed by atoms with Crippen LogP contribution in [0, 0.1) is 0 Å². The van der Waals surface area contributed by atoms with Crippen molar-refractivity contribution in [1.29, 1.82) is 0 Å². The van der Waals surface area contributed by atoms with Gasteiger partial charge in [0.2, 0.25) is 0 Å². The molecule has 0 saturated heterocycles. The summed E-state index contributed by atoms with van der Waals surface area (Å²) >= 11 is 0. The van der Waals surface area contributed by atoms with Crippen molar-refractivity contribution in [2.75, 3.05) is 46.2 Å². The molecule has 0 saturated carbocycles. The van der Waals surface area contributed by atoms with Crippen LogP contribution in [0.3, 0.4) is 0 Å². The summed E-state index contributed by atoms with van der Waals surface area (Å²) in [6.07, 6.45) is 8.83. The van der Waals surface area contributed by atoms with Crippen molar-refractivity contribution in [3.8, 4) is 0 Å². The second kappa shape index (κ2) is 19.4. The van der Waals surface area contributed by atoms with E-state index in [0.29, 0.717) is 52.5 Å². The van der Waals surface area contributed by atoms with Gasteiger partial charge in [-0.05, 0) is 19.8 Å². The standard InChI is InChI=1S/C18H36O5/c1-3-5-6-7-8-9-12-20-14-16-22-17-15-21-13-10-11-18(19)23-4-2/h3-17H2,1-2H3. The zero-order valence-corrected chi connectivity index (χ0v) is 15.1. The molecule has 0 aromatic heterocycles. The van der Waals surface area contributed by atoms with Gasteiger partial charge in [-0.25, -0.2) is 0 Å². The molecule has 0 N–H and O–H groups in total. The van der Waals surface area contributed by atoms with Crippen LogP contribution in [0.15, 0.2) is 0 Å². The van der Waals surface area contributed by atoms with E-state index in [1.54, 1.807) is 0 Å². The Morgan fingerprint density at radius 1 is 0.652 bits per heavy atom. The van der Waals surface area contributed by atoms with Crippen LogP contribution in [0.4, 0.5) is 0 Å². The molecule has 0 fully saturated rings. The minimum atomic E-state index is -0.158. The number of ether oxygens (including phenoxy) is 4. The molecule has 0 bridgehead atoms. The highest BCUT2D eigenvalue weighted by Crippen LogP contribution is 2.04. The van der Waals surface area contributed by atoms with Crippen LogP contribution < -0.4 is 0 Å². The van der Waals surface area contributed by atoms with Gasteiger partial charge in [0.1, 0.15) is 0 Å². The van der Waals surface area contributed by atoms with E-state index in [2.05, 4.69) is 6.92 Å². The van der Waals surface area contributed by atoms with Crippen molar-refractivity contribution in [3.05, 3.63) is 0 Å². The van der Waals surface area contributed by atoms with E-state index in [1.165, 1.54) is 32.1 Å². The van der Waals surface area contributed by atoms with Gasteiger partial charge in [0.25, 0.3) is 0 Å². The normalized spacial score (nSPS) is 10.9. The lowest BCUT2D eigenvalue weighted by atomic mass is 10.1. The summed E-state index contributed by atoms with van der Waals surface area (Å²) in [4.78, 5) is 11.1. The topological polar surface area (TPSA) is 54.0 Å². The Balaban J connectivity index is 3.01. The highest BCUT2D eigenvalue weighted by atomic mass is 16.5. The van der Waals surface area contributed by atoms with Crippen molar-refractivity contribution in [2.24, 2.45) is 0 Å². The van der Waals surface area contributed by atoms with Crippen molar-refractivity contribution < 1.29 is 23.7 Å². The molecule has 0 amide bonds. The average molecular weight is 332 g/mol. The summed E-state index contributed by atoms with van der Waals surface area (Å²) in [7, 11) is 0. The van der Waals surface area contributed by atoms with Crippen LogP contribution in [0.25, 0.3) is 0 Å². The van der Waals surface area contributed by atoms with Crippen molar-refractivity contribution >= 4 is 5.97 Å². The number of esters is 1. The second-order valence-corrected chi connectivity index (χ2v) is 5.51. The highest BCUT2D eigenvalue weighted by molar-refractivity contribution is 5.69. The molecule has 23 heavy (non-hydrogen) atoms. The van der Waals surface area contributed by atoms with Gasteiger partial charge >= 0.3 is 5.97 Å². The number of rotatable bonds is 18. The van der Waals surface area contributed by atoms with E-state index in [4.69, 9.17) is 18.9 Å². The number of carbonyl (C=O) groups is 1. The zero-order chi connectivity index (χ0) is 17.0. The molecule has 0 atom stereocenters. The Bertz CT molecular complexity index is 246. The molecule has 0 aliphatic heterocycles. The highest BCUT2D eigenvalue weighted by Gasteiger charge is 2.00. The smallest absolute Gasteiger partial charge is 0.305 e. The molecular formula is C18H36O5. The molecule has 0 rings (SSSR count). The number of carbonyl (C=O) groups excluding carboxylic acids is 1. The second-order valence-electron chi connectivity index (χ2n) is 5.51. The third kappa shape index (κ3) is 19.3. The number of hydrogen-bond acceptors (Lipinski definition) is 5. The minimum absolute atomic E-state index is 0.158. The van der Waals surface area contributed by atoms with Crippen LogP contribution in [0.1, 0.15) is 65.2 Å². The molecule has 138 valence electrons. The van der Waals surface area contributed by atoms with E-state index in [9.17, 15) is 4.79 Å². The number of hydrogen-bond donors (Lipinski definition) is 0. The van der Waals surface area contributed by atoms with Crippen LogP contribution in [0.2, 0.25) is 0 Å². The first kappa shape index (κ1) is 22.4. The lowest BCUT2D eigenvalue weighted by molar-refractivity contribution is -0.143. The predicted molar refractivity (Wildman–Crippen MR) is 91.7 cm³/mol. The van der Waals surface area contributed by atoms with Gasteiger partial charge in [-0.2, -0.15) is 0 Å². The third-order valence-electron chi connectivity index (χ3n) is 3.36. The third-order valence-corrected chi connectivity index (χ3v) is 3.36. The summed E-state index contributed by atoms with van der Waals surface area (Å²) in [5.74, 6) is -0.158. The predicted octanol–water partition coefficient (Wildman–Crippen LogP) is 3.74. The van der Waals surface area contributed by atoms with E-state index in [1.807, 2.05) is 6.92 Å². The summed E-state index contributed by atoms with van der Waals surface area (Å²) in [6.45, 7) is 8.27. The quantitative estimate of drug-likeness (QED) is 0.283. The van der Waals surface area contributed by atoms with Crippen LogP contribution in [-0.4, -0.2) is 52.2 Å². The van der Waals surface area contributed by atoms with Gasteiger partial charge in [-0.1, -0.05) is 39.0 Å². The largest absolute Gasteiger partial charge is 0.466 e. The van der Waals surface area contributed by atoms with Gasteiger partial charge in [-0.3, -0.25) is 4.79 Å². The average Bonchev–Trinajstić information content (AvgIpc) is 2.54. The fourth-order valence-corrected chi connectivity index (χ4v) is 2.08. The van der Waals surface area contributed by atoms with Gasteiger partial charge in [0.15, 0.2) is 0 Å². The van der Waals surface area contributed by atoms with Gasteiger partial charge in [0, 0.05) is 19.6 Å². The number of unbranched alkanes of at least 4 members (excludes halogenated alkanes) is 5. The van der Waals surface area contributed by atoms with Crippen molar-refractivity contribution in [1.82, 2.24) is 0 Å². The maximum absolute atomic E-state index is 11.1. The Hall–Kier alpha value is -0.650. The molecule has 0 unspecified atom stereocenters. The first-order valence-electron chi connectivity index (χ1n) is 9.20. The Morgan fingerprint density at radius 3 is 1.78 bits per heavy atom. The van der Waals surface area contributed by atoms with E-state index in [-0.39, 0.29) is 5.97 Å². The fraction of sp³-hybridized carbons (Fsp3) is 0.944. The molecule has 0 radical (unpaired) electrons. The SMILES string of the molecule is CCCCCCCCOCCOCCOCCCC(=O)OCC. The first-order chi connectivity index (χ1) is 11.3. The zero-order valence-electron chi connectivity index (χ0n) is 15.1. The van der Waals surface area contributed by atoms with Crippen molar-refractivity contribution in [2.45, 2.75) is 65.2 Å². The molecule has 0 spiro atoms. The Kier molecular flexibility index (Phi) is 18.8. The van der Waals surface area contributed by atoms with Gasteiger partial charge in [-0.15, -0.1) is 0 Å². The van der Waals surface area contributed by atoms with E-state index in [0.717, 1.165) is 13.0 Å². The van der Waals surface area contributed by atoms with Crippen molar-refractivity contribution in [3.63, 3.8) is 0 Å². The molecule has 0 heterocycles. The van der Waals surface area contributed by atoms with E-state index < -0.39 is 0 Å². The van der Waals surface area contributed by atoms with Crippen LogP contribution >= 0.6 is 0 Å². The first-order valence-corrected chi connectivity index (χ1v) is 9.20. The van der Waals surface area contributed by atoms with Crippen LogP contribution in [-0.2, 0) is 23.7 Å².